The summed E-state index contributed by atoms with van der Waals surface area (Å²) in [6.07, 6.45) is 2.41. The van der Waals surface area contributed by atoms with Crippen LogP contribution in [0.25, 0.3) is 5.76 Å². The number of likely N-dealkylation sites (tertiary alicyclic amines) is 1. The normalized spacial score (nSPS) is 17.3. The molecule has 0 saturated carbocycles. The Hall–Kier alpha value is -4.00. The number of carbonyl (C=O) groups is 2. The first-order valence-electron chi connectivity index (χ1n) is 11.6. The van der Waals surface area contributed by atoms with Crippen molar-refractivity contribution in [3.63, 3.8) is 0 Å². The molecule has 0 aliphatic carbocycles. The monoisotopic (exact) mass is 475 g/mol. The quantitative estimate of drug-likeness (QED) is 0.255. The number of hydrogen-bond acceptors (Lipinski definition) is 6. The number of rotatable bonds is 9. The number of aliphatic hydroxyl groups excluding tert-OH is 1. The second-order valence-corrected chi connectivity index (χ2v) is 8.81. The molecule has 3 aromatic rings. The summed E-state index contributed by atoms with van der Waals surface area (Å²) in [7, 11) is 1.54. The Bertz CT molecular complexity index is 1210. The zero-order valence-electron chi connectivity index (χ0n) is 20.1. The molecule has 2 aromatic carbocycles. The molecule has 1 aliphatic rings. The van der Waals surface area contributed by atoms with E-state index in [0.29, 0.717) is 40.9 Å². The number of amides is 1. The summed E-state index contributed by atoms with van der Waals surface area (Å²) in [5, 5.41) is 11.1. The molecule has 7 heteroatoms. The lowest BCUT2D eigenvalue weighted by atomic mass is 9.95. The minimum Gasteiger partial charge on any atom is -0.507 e. The van der Waals surface area contributed by atoms with Crippen LogP contribution in [0.2, 0.25) is 0 Å². The summed E-state index contributed by atoms with van der Waals surface area (Å²) < 4.78 is 16.9. The molecule has 1 aliphatic heterocycles. The Morgan fingerprint density at radius 2 is 1.83 bits per heavy atom. The van der Waals surface area contributed by atoms with Crippen molar-refractivity contribution >= 4 is 17.4 Å². The number of methoxy groups -OCH3 is 1. The SMILES string of the molecule is COc1cc(C2/C(=C(\O)c3ccccc3)C(=O)C(=O)N2Cc2ccco2)ccc1OCCC(C)C. The molecule has 0 bridgehead atoms. The van der Waals surface area contributed by atoms with Crippen molar-refractivity contribution in [2.24, 2.45) is 5.92 Å². The Kier molecular flexibility index (Phi) is 7.25. The Labute approximate surface area is 204 Å². The van der Waals surface area contributed by atoms with Crippen molar-refractivity contribution in [2.45, 2.75) is 32.9 Å². The van der Waals surface area contributed by atoms with Crippen molar-refractivity contribution in [3.8, 4) is 11.5 Å². The topological polar surface area (TPSA) is 89.2 Å². The van der Waals surface area contributed by atoms with E-state index in [1.807, 2.05) is 6.07 Å². The zero-order chi connectivity index (χ0) is 24.9. The molecule has 35 heavy (non-hydrogen) atoms. The van der Waals surface area contributed by atoms with E-state index in [2.05, 4.69) is 13.8 Å². The van der Waals surface area contributed by atoms with Crippen molar-refractivity contribution in [2.75, 3.05) is 13.7 Å². The molecule has 1 aromatic heterocycles. The maximum Gasteiger partial charge on any atom is 0.296 e. The first-order valence-corrected chi connectivity index (χ1v) is 11.6. The number of aliphatic hydroxyl groups is 1. The Balaban J connectivity index is 1.79. The lowest BCUT2D eigenvalue weighted by Crippen LogP contribution is -2.29. The summed E-state index contributed by atoms with van der Waals surface area (Å²) in [6, 6.07) is 16.6. The van der Waals surface area contributed by atoms with Gasteiger partial charge in [-0.15, -0.1) is 0 Å². The number of hydrogen-bond donors (Lipinski definition) is 1. The van der Waals surface area contributed by atoms with Gasteiger partial charge in [0.1, 0.15) is 11.5 Å². The predicted octanol–water partition coefficient (Wildman–Crippen LogP) is 5.34. The van der Waals surface area contributed by atoms with E-state index in [1.54, 1.807) is 54.6 Å². The Morgan fingerprint density at radius 3 is 2.49 bits per heavy atom. The van der Waals surface area contributed by atoms with Crippen LogP contribution in [0.4, 0.5) is 0 Å². The molecule has 1 fully saturated rings. The van der Waals surface area contributed by atoms with E-state index in [-0.39, 0.29) is 17.9 Å². The molecule has 0 spiro atoms. The van der Waals surface area contributed by atoms with Gasteiger partial charge in [-0.2, -0.15) is 0 Å². The highest BCUT2D eigenvalue weighted by atomic mass is 16.5. The maximum atomic E-state index is 13.2. The fraction of sp³-hybridized carbons (Fsp3) is 0.286. The fourth-order valence-electron chi connectivity index (χ4n) is 4.09. The first kappa shape index (κ1) is 24.1. The minimum atomic E-state index is -0.834. The van der Waals surface area contributed by atoms with Crippen LogP contribution >= 0.6 is 0 Å². The van der Waals surface area contributed by atoms with Crippen LogP contribution in [0.1, 0.15) is 43.2 Å². The Morgan fingerprint density at radius 1 is 1.06 bits per heavy atom. The summed E-state index contributed by atoms with van der Waals surface area (Å²) in [5.41, 5.74) is 1.08. The van der Waals surface area contributed by atoms with E-state index in [4.69, 9.17) is 13.9 Å². The molecule has 1 saturated heterocycles. The van der Waals surface area contributed by atoms with Crippen LogP contribution in [-0.2, 0) is 16.1 Å². The predicted molar refractivity (Wildman–Crippen MR) is 131 cm³/mol. The lowest BCUT2D eigenvalue weighted by molar-refractivity contribution is -0.140. The van der Waals surface area contributed by atoms with E-state index in [1.165, 1.54) is 18.3 Å². The highest BCUT2D eigenvalue weighted by Crippen LogP contribution is 2.42. The van der Waals surface area contributed by atoms with E-state index in [0.717, 1.165) is 6.42 Å². The standard InChI is InChI=1S/C28H29NO6/c1-18(2)13-15-35-22-12-11-20(16-23(22)33-3)25-24(26(30)19-8-5-4-6-9-19)27(31)28(32)29(25)17-21-10-7-14-34-21/h4-12,14,16,18,25,30H,13,15,17H2,1-3H3/b26-24+. The average molecular weight is 476 g/mol. The molecule has 1 unspecified atom stereocenters. The van der Waals surface area contributed by atoms with Gasteiger partial charge in [-0.05, 0) is 42.2 Å². The lowest BCUT2D eigenvalue weighted by Gasteiger charge is -2.25. The molecule has 1 amide bonds. The van der Waals surface area contributed by atoms with Gasteiger partial charge in [-0.25, -0.2) is 0 Å². The summed E-state index contributed by atoms with van der Waals surface area (Å²) in [4.78, 5) is 27.7. The molecule has 1 N–H and O–H groups in total. The molecular formula is C28H29NO6. The number of nitrogens with zero attached hydrogens (tertiary/aromatic N) is 1. The number of benzene rings is 2. The number of ketones is 1. The van der Waals surface area contributed by atoms with E-state index < -0.39 is 17.7 Å². The molecule has 7 nitrogen and oxygen atoms in total. The number of Topliss-reactive ketones (excluding diaryl/α,β-unsaturated/α-hetero) is 1. The van der Waals surface area contributed by atoms with Crippen molar-refractivity contribution in [1.29, 1.82) is 0 Å². The van der Waals surface area contributed by atoms with Gasteiger partial charge in [0, 0.05) is 5.56 Å². The van der Waals surface area contributed by atoms with Crippen LogP contribution in [-0.4, -0.2) is 35.4 Å². The van der Waals surface area contributed by atoms with Crippen molar-refractivity contribution in [1.82, 2.24) is 4.90 Å². The largest absolute Gasteiger partial charge is 0.507 e. The minimum absolute atomic E-state index is 0.0169. The van der Waals surface area contributed by atoms with E-state index >= 15 is 0 Å². The van der Waals surface area contributed by atoms with Crippen LogP contribution in [0.5, 0.6) is 11.5 Å². The second kappa shape index (κ2) is 10.5. The zero-order valence-corrected chi connectivity index (χ0v) is 20.1. The highest BCUT2D eigenvalue weighted by Gasteiger charge is 2.46. The van der Waals surface area contributed by atoms with Gasteiger partial charge in [-0.3, -0.25) is 9.59 Å². The van der Waals surface area contributed by atoms with Crippen LogP contribution in [0, 0.1) is 5.92 Å². The van der Waals surface area contributed by atoms with Gasteiger partial charge in [0.2, 0.25) is 0 Å². The van der Waals surface area contributed by atoms with Crippen LogP contribution < -0.4 is 9.47 Å². The van der Waals surface area contributed by atoms with Gasteiger partial charge < -0.3 is 23.9 Å². The summed E-state index contributed by atoms with van der Waals surface area (Å²) in [5.74, 6) is 0.390. The second-order valence-electron chi connectivity index (χ2n) is 8.81. The summed E-state index contributed by atoms with van der Waals surface area (Å²) in [6.45, 7) is 4.86. The molecule has 1 atom stereocenters. The van der Waals surface area contributed by atoms with Crippen molar-refractivity contribution < 1.29 is 28.6 Å². The number of ether oxygens (including phenoxy) is 2. The highest BCUT2D eigenvalue weighted by molar-refractivity contribution is 6.46. The number of furan rings is 1. The fourth-order valence-corrected chi connectivity index (χ4v) is 4.09. The third-order valence-electron chi connectivity index (χ3n) is 5.95. The third kappa shape index (κ3) is 5.09. The molecule has 182 valence electrons. The van der Waals surface area contributed by atoms with Gasteiger partial charge in [-0.1, -0.05) is 50.2 Å². The molecule has 0 radical (unpaired) electrons. The molecule has 2 heterocycles. The molecular weight excluding hydrogens is 446 g/mol. The van der Waals surface area contributed by atoms with Crippen molar-refractivity contribution in [3.05, 3.63) is 89.4 Å². The first-order chi connectivity index (χ1) is 16.9. The van der Waals surface area contributed by atoms with E-state index in [9.17, 15) is 14.7 Å². The number of carbonyl (C=O) groups excluding carboxylic acids is 2. The average Bonchev–Trinajstić information content (AvgIpc) is 3.46. The van der Waals surface area contributed by atoms with Gasteiger partial charge in [0.15, 0.2) is 11.5 Å². The van der Waals surface area contributed by atoms with Crippen LogP contribution in [0.3, 0.4) is 0 Å². The van der Waals surface area contributed by atoms with Gasteiger partial charge >= 0.3 is 0 Å². The smallest absolute Gasteiger partial charge is 0.296 e. The van der Waals surface area contributed by atoms with Gasteiger partial charge in [0.25, 0.3) is 11.7 Å². The summed E-state index contributed by atoms with van der Waals surface area (Å²) >= 11 is 0. The van der Waals surface area contributed by atoms with Gasteiger partial charge in [0.05, 0.1) is 38.1 Å². The molecule has 4 rings (SSSR count). The third-order valence-corrected chi connectivity index (χ3v) is 5.95. The maximum absolute atomic E-state index is 13.2. The van der Waals surface area contributed by atoms with Crippen LogP contribution in [0.15, 0.2) is 76.9 Å².